The van der Waals surface area contributed by atoms with Gasteiger partial charge in [0.2, 0.25) is 5.91 Å². The summed E-state index contributed by atoms with van der Waals surface area (Å²) in [6, 6.07) is 17.8. The minimum absolute atomic E-state index is 0.00926. The highest BCUT2D eigenvalue weighted by Gasteiger charge is 2.49. The van der Waals surface area contributed by atoms with E-state index in [1.54, 1.807) is 17.0 Å². The molecule has 10 heteroatoms. The normalized spacial score (nSPS) is 28.0. The van der Waals surface area contributed by atoms with Gasteiger partial charge in [-0.25, -0.2) is 4.39 Å². The maximum atomic E-state index is 13.4. The van der Waals surface area contributed by atoms with Crippen LogP contribution in [0.4, 0.5) is 10.1 Å². The van der Waals surface area contributed by atoms with Crippen molar-refractivity contribution in [3.63, 3.8) is 0 Å². The number of amides is 1. The molecule has 2 aliphatic heterocycles. The van der Waals surface area contributed by atoms with Gasteiger partial charge in [0.1, 0.15) is 36.0 Å². The van der Waals surface area contributed by atoms with Crippen LogP contribution in [0.25, 0.3) is 0 Å². The number of aliphatic hydroxyl groups is 5. The summed E-state index contributed by atoms with van der Waals surface area (Å²) in [7, 11) is 0. The molecule has 0 bridgehead atoms. The Kier molecular flexibility index (Phi) is 9.45. The monoisotopic (exact) mass is 595 g/mol. The molecule has 2 unspecified atom stereocenters. The van der Waals surface area contributed by atoms with Gasteiger partial charge in [-0.2, -0.15) is 0 Å². The zero-order valence-corrected chi connectivity index (χ0v) is 23.8. The van der Waals surface area contributed by atoms with Gasteiger partial charge < -0.3 is 40.3 Å². The first-order chi connectivity index (χ1) is 20.6. The molecule has 9 nitrogen and oxygen atoms in total. The highest BCUT2D eigenvalue weighted by Crippen LogP contribution is 2.48. The van der Waals surface area contributed by atoms with Gasteiger partial charge in [0.05, 0.1) is 30.8 Å². The highest BCUT2D eigenvalue weighted by molar-refractivity contribution is 6.03. The summed E-state index contributed by atoms with van der Waals surface area (Å²) in [6.07, 6.45) is -5.63. The molecule has 43 heavy (non-hydrogen) atoms. The number of benzene rings is 3. The van der Waals surface area contributed by atoms with E-state index in [1.165, 1.54) is 24.3 Å². The molecule has 0 saturated carbocycles. The number of aromatic hydroxyl groups is 1. The molecular weight excluding hydrogens is 557 g/mol. The maximum absolute atomic E-state index is 13.4. The predicted molar refractivity (Wildman–Crippen MR) is 156 cm³/mol. The number of β-lactam (4-membered cyclic amide) rings is 1. The zero-order chi connectivity index (χ0) is 30.8. The Labute approximate surface area is 249 Å². The number of hydrogen-bond acceptors (Lipinski definition) is 8. The number of hydrogen-bond donors (Lipinski definition) is 6. The van der Waals surface area contributed by atoms with Gasteiger partial charge in [0, 0.05) is 11.3 Å². The summed E-state index contributed by atoms with van der Waals surface area (Å²) in [4.78, 5) is 15.1. The van der Waals surface area contributed by atoms with E-state index >= 15 is 0 Å². The van der Waals surface area contributed by atoms with Crippen LogP contribution in [-0.2, 0) is 16.0 Å². The van der Waals surface area contributed by atoms with E-state index in [9.17, 15) is 39.8 Å². The molecule has 0 spiro atoms. The molecule has 0 radical (unpaired) electrons. The van der Waals surface area contributed by atoms with Gasteiger partial charge >= 0.3 is 0 Å². The van der Waals surface area contributed by atoms with E-state index in [0.29, 0.717) is 29.7 Å². The molecule has 1 amide bonds. The molecule has 3 aromatic carbocycles. The number of aliphatic hydroxyl groups excluding tert-OH is 5. The number of ether oxygens (including phenoxy) is 1. The molecule has 230 valence electrons. The third kappa shape index (κ3) is 6.45. The predicted octanol–water partition coefficient (Wildman–Crippen LogP) is 2.83. The van der Waals surface area contributed by atoms with E-state index in [2.05, 4.69) is 0 Å². The van der Waals surface area contributed by atoms with Crippen molar-refractivity contribution in [1.82, 2.24) is 0 Å². The van der Waals surface area contributed by atoms with Gasteiger partial charge in [0.15, 0.2) is 0 Å². The van der Waals surface area contributed by atoms with Crippen LogP contribution >= 0.6 is 0 Å². The fraction of sp³-hybridized carbons (Fsp3) is 0.424. The second-order valence-corrected chi connectivity index (χ2v) is 11.5. The average molecular weight is 596 g/mol. The van der Waals surface area contributed by atoms with Gasteiger partial charge in [0.25, 0.3) is 0 Å². The Morgan fingerprint density at radius 3 is 2.23 bits per heavy atom. The average Bonchev–Trinajstić information content (AvgIpc) is 3.00. The molecule has 2 fully saturated rings. The zero-order valence-electron chi connectivity index (χ0n) is 23.8. The molecular formula is C33H38FNO8. The van der Waals surface area contributed by atoms with Crippen molar-refractivity contribution in [2.75, 3.05) is 11.5 Å². The lowest BCUT2D eigenvalue weighted by molar-refractivity contribution is -0.230. The molecule has 2 heterocycles. The van der Waals surface area contributed by atoms with E-state index < -0.39 is 61.0 Å². The molecule has 6 N–H and O–H groups in total. The summed E-state index contributed by atoms with van der Waals surface area (Å²) in [5.74, 6) is -1.02. The topological polar surface area (TPSA) is 151 Å². The molecule has 3 aromatic rings. The molecule has 2 saturated heterocycles. The van der Waals surface area contributed by atoms with Crippen molar-refractivity contribution >= 4 is 11.6 Å². The lowest BCUT2D eigenvalue weighted by Gasteiger charge is -2.48. The first-order valence-electron chi connectivity index (χ1n) is 14.5. The standard InChI is InChI=1S/C33H38FNO8/c1-18-2-10-22(11-3-18)35-29(24(33(35)42)13-14-25(37)20-6-8-21(34)9-7-20)23-12-4-19(16-26(23)38)5-15-27-30(39)32(41)31(40)28(17-36)43-27/h2-4,6-12,16,24-25,27-32,36-41H,5,13-15,17H2,1H3/t24-,25+,27+,28?,29-,30?,31-,32-/m1/s1. The summed E-state index contributed by atoms with van der Waals surface area (Å²) in [5.41, 5.74) is 3.58. The maximum Gasteiger partial charge on any atom is 0.233 e. The van der Waals surface area contributed by atoms with Crippen LogP contribution in [0.1, 0.15) is 53.7 Å². The minimum Gasteiger partial charge on any atom is -0.508 e. The number of anilines is 1. The van der Waals surface area contributed by atoms with Crippen LogP contribution in [-0.4, -0.2) is 73.7 Å². The van der Waals surface area contributed by atoms with Gasteiger partial charge in [-0.1, -0.05) is 42.0 Å². The van der Waals surface area contributed by atoms with Crippen molar-refractivity contribution in [2.45, 2.75) is 75.3 Å². The van der Waals surface area contributed by atoms with Crippen LogP contribution in [0, 0.1) is 18.7 Å². The van der Waals surface area contributed by atoms with Crippen LogP contribution < -0.4 is 4.90 Å². The number of nitrogens with zero attached hydrogens (tertiary/aromatic N) is 1. The smallest absolute Gasteiger partial charge is 0.233 e. The third-order valence-corrected chi connectivity index (χ3v) is 8.65. The van der Waals surface area contributed by atoms with Gasteiger partial charge in [-0.15, -0.1) is 0 Å². The molecule has 2 aliphatic rings. The summed E-state index contributed by atoms with van der Waals surface area (Å²) >= 11 is 0. The SMILES string of the molecule is Cc1ccc(N2C(=O)[C@H](CC[C@H](O)c3ccc(F)cc3)[C@H]2c2ccc(CC[C@@H]3OC(CO)[C@@H](O)[C@H](O)C3O)cc2O)cc1. The van der Waals surface area contributed by atoms with Crippen molar-refractivity contribution < 1.29 is 44.6 Å². The fourth-order valence-corrected chi connectivity index (χ4v) is 6.09. The van der Waals surface area contributed by atoms with Crippen LogP contribution in [0.15, 0.2) is 66.7 Å². The van der Waals surface area contributed by atoms with E-state index in [0.717, 1.165) is 11.1 Å². The van der Waals surface area contributed by atoms with Crippen molar-refractivity contribution in [3.8, 4) is 5.75 Å². The Morgan fingerprint density at radius 2 is 1.58 bits per heavy atom. The van der Waals surface area contributed by atoms with Crippen molar-refractivity contribution in [1.29, 1.82) is 0 Å². The number of carbonyl (C=O) groups excluding carboxylic acids is 1. The summed E-state index contributed by atoms with van der Waals surface area (Å²) in [6.45, 7) is 1.45. The second kappa shape index (κ2) is 13.1. The number of aryl methyl sites for hydroxylation is 2. The number of halogens is 1. The van der Waals surface area contributed by atoms with E-state index in [4.69, 9.17) is 4.74 Å². The Morgan fingerprint density at radius 1 is 0.907 bits per heavy atom. The van der Waals surface area contributed by atoms with Crippen LogP contribution in [0.5, 0.6) is 5.75 Å². The lowest BCUT2D eigenvalue weighted by Crippen LogP contribution is -2.58. The summed E-state index contributed by atoms with van der Waals surface area (Å²) in [5, 5.41) is 61.8. The molecule has 0 aromatic heterocycles. The van der Waals surface area contributed by atoms with Crippen LogP contribution in [0.2, 0.25) is 0 Å². The number of rotatable bonds is 10. The Balaban J connectivity index is 1.33. The first-order valence-corrected chi connectivity index (χ1v) is 14.5. The second-order valence-electron chi connectivity index (χ2n) is 11.5. The van der Waals surface area contributed by atoms with E-state index in [1.807, 2.05) is 37.3 Å². The lowest BCUT2D eigenvalue weighted by atomic mass is 9.77. The van der Waals surface area contributed by atoms with Gasteiger partial charge in [-0.05, 0) is 74.1 Å². The largest absolute Gasteiger partial charge is 0.508 e. The quantitative estimate of drug-likeness (QED) is 0.196. The molecule has 8 atom stereocenters. The highest BCUT2D eigenvalue weighted by atomic mass is 19.1. The summed E-state index contributed by atoms with van der Waals surface area (Å²) < 4.78 is 18.9. The Hall–Kier alpha value is -3.38. The van der Waals surface area contributed by atoms with Gasteiger partial charge in [-0.3, -0.25) is 4.79 Å². The minimum atomic E-state index is -1.45. The van der Waals surface area contributed by atoms with E-state index in [-0.39, 0.29) is 24.5 Å². The number of phenolic OH excluding ortho intramolecular Hbond substituents is 1. The number of phenols is 1. The van der Waals surface area contributed by atoms with Crippen molar-refractivity contribution in [3.05, 3.63) is 94.8 Å². The van der Waals surface area contributed by atoms with Crippen LogP contribution in [0.3, 0.4) is 0 Å². The Bertz CT molecular complexity index is 1400. The first kappa shape index (κ1) is 31.1. The van der Waals surface area contributed by atoms with Crippen molar-refractivity contribution in [2.24, 2.45) is 5.92 Å². The number of carbonyl (C=O) groups is 1. The third-order valence-electron chi connectivity index (χ3n) is 8.65. The molecule has 5 rings (SSSR count). The molecule has 0 aliphatic carbocycles. The fourth-order valence-electron chi connectivity index (χ4n) is 6.09.